The van der Waals surface area contributed by atoms with Gasteiger partial charge in [0, 0.05) is 25.1 Å². The minimum Gasteiger partial charge on any atom is -0.454 e. The molecule has 2 heterocycles. The van der Waals surface area contributed by atoms with E-state index in [0.29, 0.717) is 47.6 Å². The molecular weight excluding hydrogens is 609 g/mol. The van der Waals surface area contributed by atoms with Crippen molar-refractivity contribution in [2.75, 3.05) is 25.1 Å². The number of carbonyl (C=O) groups excluding carboxylic acids is 1. The lowest BCUT2D eigenvalue weighted by atomic mass is 9.91. The van der Waals surface area contributed by atoms with Gasteiger partial charge in [-0.3, -0.25) is 4.79 Å². The highest BCUT2D eigenvalue weighted by Crippen LogP contribution is 2.37. The molecule has 0 unspecified atom stereocenters. The maximum Gasteiger partial charge on any atom is 0.387 e. The van der Waals surface area contributed by atoms with Crippen LogP contribution in [-0.4, -0.2) is 54.2 Å². The van der Waals surface area contributed by atoms with Gasteiger partial charge in [-0.1, -0.05) is 18.2 Å². The van der Waals surface area contributed by atoms with Crippen LogP contribution in [0.5, 0.6) is 17.2 Å². The van der Waals surface area contributed by atoms with Gasteiger partial charge in [-0.25, -0.2) is 21.8 Å². The van der Waals surface area contributed by atoms with E-state index >= 15 is 0 Å². The molecule has 1 aliphatic carbocycles. The number of nitrogens with two attached hydrogens (primary N) is 1. The molecule has 0 atom stereocenters. The van der Waals surface area contributed by atoms with Crippen molar-refractivity contribution in [1.82, 2.24) is 14.1 Å². The van der Waals surface area contributed by atoms with Crippen LogP contribution < -0.4 is 15.2 Å². The lowest BCUT2D eigenvalue weighted by Gasteiger charge is -2.37. The summed E-state index contributed by atoms with van der Waals surface area (Å²) in [5, 5.41) is 4.34. The number of aromatic nitrogens is 2. The topological polar surface area (TPSA) is 117 Å². The summed E-state index contributed by atoms with van der Waals surface area (Å²) in [5.41, 5.74) is 10.2. The van der Waals surface area contributed by atoms with Gasteiger partial charge in [0.15, 0.2) is 17.3 Å². The number of sulfonamides is 1. The van der Waals surface area contributed by atoms with E-state index in [4.69, 9.17) is 15.2 Å². The van der Waals surface area contributed by atoms with Crippen molar-refractivity contribution in [1.29, 1.82) is 0 Å². The third-order valence-electron chi connectivity index (χ3n) is 7.95. The van der Waals surface area contributed by atoms with Gasteiger partial charge in [-0.2, -0.15) is 13.9 Å². The first-order valence-corrected chi connectivity index (χ1v) is 15.9. The molecule has 0 bridgehead atoms. The molecule has 2 aliphatic rings. The SMILES string of the molecule is Cc1cc(Oc2ccccc2F)ccc1-n1ncc(C(=O)C2=Cc3cc(OC(F)F)c(CC4CN(S(C)(=O)=O)C4)cc3C2)c1N. The average molecular weight is 639 g/mol. The van der Waals surface area contributed by atoms with Crippen LogP contribution in [0.4, 0.5) is 19.0 Å². The molecule has 0 spiro atoms. The molecule has 2 N–H and O–H groups in total. The Morgan fingerprint density at radius 1 is 1.11 bits per heavy atom. The Morgan fingerprint density at radius 3 is 2.56 bits per heavy atom. The van der Waals surface area contributed by atoms with E-state index in [1.807, 2.05) is 0 Å². The maximum absolute atomic E-state index is 14.0. The van der Waals surface area contributed by atoms with Gasteiger partial charge in [-0.05, 0) is 84.0 Å². The summed E-state index contributed by atoms with van der Waals surface area (Å²) in [6.07, 6.45) is 4.75. The van der Waals surface area contributed by atoms with E-state index in [2.05, 4.69) is 5.10 Å². The number of carbonyl (C=O) groups is 1. The summed E-state index contributed by atoms with van der Waals surface area (Å²) in [7, 11) is -3.31. The van der Waals surface area contributed by atoms with Gasteiger partial charge in [0.2, 0.25) is 10.0 Å². The lowest BCUT2D eigenvalue weighted by molar-refractivity contribution is -0.0506. The van der Waals surface area contributed by atoms with E-state index < -0.39 is 22.5 Å². The van der Waals surface area contributed by atoms with E-state index in [0.717, 1.165) is 17.4 Å². The molecule has 3 aromatic carbocycles. The quantitative estimate of drug-likeness (QED) is 0.226. The number of Topliss-reactive ketones (excluding diaryl/α,β-unsaturated/α-hetero) is 1. The Labute approximate surface area is 257 Å². The number of nitrogens with zero attached hydrogens (tertiary/aromatic N) is 3. The number of fused-ring (bicyclic) bond motifs is 1. The van der Waals surface area contributed by atoms with Gasteiger partial charge >= 0.3 is 6.61 Å². The summed E-state index contributed by atoms with van der Waals surface area (Å²) in [6, 6.07) is 14.4. The van der Waals surface area contributed by atoms with Crippen LogP contribution >= 0.6 is 0 Å². The molecule has 1 fully saturated rings. The second-order valence-electron chi connectivity index (χ2n) is 11.2. The Hall–Kier alpha value is -4.62. The molecule has 6 rings (SSSR count). The Kier molecular flexibility index (Phi) is 7.91. The predicted octanol–water partition coefficient (Wildman–Crippen LogP) is 5.55. The summed E-state index contributed by atoms with van der Waals surface area (Å²) in [5.74, 6) is -0.270. The van der Waals surface area contributed by atoms with Crippen molar-refractivity contribution in [3.05, 3.63) is 100 Å². The zero-order valence-corrected chi connectivity index (χ0v) is 25.2. The molecule has 45 heavy (non-hydrogen) atoms. The highest BCUT2D eigenvalue weighted by Gasteiger charge is 2.34. The first-order valence-electron chi connectivity index (χ1n) is 14.0. The summed E-state index contributed by atoms with van der Waals surface area (Å²) >= 11 is 0. The van der Waals surface area contributed by atoms with Gasteiger partial charge < -0.3 is 15.2 Å². The fraction of sp³-hybridized carbons (Fsp3) is 0.250. The second-order valence-corrected chi connectivity index (χ2v) is 13.2. The molecule has 9 nitrogen and oxygen atoms in total. The van der Waals surface area contributed by atoms with Gasteiger partial charge in [0.05, 0.1) is 23.7 Å². The van der Waals surface area contributed by atoms with Crippen molar-refractivity contribution in [3.63, 3.8) is 0 Å². The van der Waals surface area contributed by atoms with Crippen LogP contribution in [-0.2, 0) is 22.9 Å². The van der Waals surface area contributed by atoms with E-state index in [-0.39, 0.29) is 41.0 Å². The number of halogens is 3. The number of benzene rings is 3. The molecule has 1 aromatic heterocycles. The van der Waals surface area contributed by atoms with Crippen LogP contribution in [0.3, 0.4) is 0 Å². The largest absolute Gasteiger partial charge is 0.454 e. The number of hydrogen-bond acceptors (Lipinski definition) is 7. The van der Waals surface area contributed by atoms with Crippen molar-refractivity contribution in [2.45, 2.75) is 26.4 Å². The molecule has 0 saturated carbocycles. The normalized spacial score (nSPS) is 15.1. The molecule has 4 aromatic rings. The maximum atomic E-state index is 14.0. The third-order valence-corrected chi connectivity index (χ3v) is 9.19. The first-order chi connectivity index (χ1) is 21.4. The summed E-state index contributed by atoms with van der Waals surface area (Å²) < 4.78 is 77.2. The monoisotopic (exact) mass is 638 g/mol. The molecule has 234 valence electrons. The number of anilines is 1. The molecule has 1 saturated heterocycles. The number of allylic oxidation sites excluding steroid dienone is 1. The standard InChI is InChI=1S/C32H29F3N4O5S/c1-18-9-24(43-28-6-4-3-5-26(28)33)7-8-27(18)39-31(36)25(15-37-39)30(40)23-12-20-11-22(10-19-16-38(17-19)45(2,41)42)29(44-32(34)35)14-21(20)13-23/h3-9,11,13-15,19,32H,10,12,16-17,36H2,1-2H3. The average Bonchev–Trinajstić information content (AvgIpc) is 3.53. The molecule has 13 heteroatoms. The van der Waals surface area contributed by atoms with Crippen LogP contribution in [0.2, 0.25) is 0 Å². The van der Waals surface area contributed by atoms with E-state index in [1.54, 1.807) is 49.4 Å². The highest BCUT2D eigenvalue weighted by molar-refractivity contribution is 7.88. The lowest BCUT2D eigenvalue weighted by Crippen LogP contribution is -2.50. The van der Waals surface area contributed by atoms with Crippen LogP contribution in [0.1, 0.15) is 32.6 Å². The molecule has 0 amide bonds. The van der Waals surface area contributed by atoms with Crippen molar-refractivity contribution >= 4 is 27.7 Å². The number of para-hydroxylation sites is 1. The van der Waals surface area contributed by atoms with Crippen LogP contribution in [0.15, 0.2) is 66.4 Å². The van der Waals surface area contributed by atoms with E-state index in [9.17, 15) is 26.4 Å². The van der Waals surface area contributed by atoms with Crippen molar-refractivity contribution < 1.29 is 35.9 Å². The number of ether oxygens (including phenoxy) is 2. The summed E-state index contributed by atoms with van der Waals surface area (Å²) in [6.45, 7) is -0.635. The number of hydrogen-bond donors (Lipinski definition) is 1. The van der Waals surface area contributed by atoms with Crippen molar-refractivity contribution in [2.24, 2.45) is 5.92 Å². The van der Waals surface area contributed by atoms with E-state index in [1.165, 1.54) is 33.4 Å². The zero-order chi connectivity index (χ0) is 32.0. The van der Waals surface area contributed by atoms with Crippen LogP contribution in [0, 0.1) is 18.7 Å². The van der Waals surface area contributed by atoms with Gasteiger partial charge in [0.25, 0.3) is 0 Å². The Bertz CT molecular complexity index is 1950. The number of nitrogen functional groups attached to an aromatic ring is 1. The minimum atomic E-state index is -3.31. The van der Waals surface area contributed by atoms with Crippen molar-refractivity contribution in [3.8, 4) is 22.9 Å². The fourth-order valence-electron chi connectivity index (χ4n) is 5.65. The predicted molar refractivity (Wildman–Crippen MR) is 162 cm³/mol. The molecular formula is C32H29F3N4O5S. The number of ketones is 1. The third kappa shape index (κ3) is 6.18. The highest BCUT2D eigenvalue weighted by atomic mass is 32.2. The Morgan fingerprint density at radius 2 is 1.87 bits per heavy atom. The zero-order valence-electron chi connectivity index (χ0n) is 24.3. The van der Waals surface area contributed by atoms with Gasteiger partial charge in [-0.15, -0.1) is 0 Å². The minimum absolute atomic E-state index is 0.00302. The number of aryl methyl sites for hydroxylation is 1. The Balaban J connectivity index is 1.20. The first kappa shape index (κ1) is 30.4. The number of rotatable bonds is 10. The molecule has 1 aliphatic heterocycles. The van der Waals surface area contributed by atoms with Gasteiger partial charge in [0.1, 0.15) is 17.3 Å². The van der Waals surface area contributed by atoms with Crippen LogP contribution in [0.25, 0.3) is 11.8 Å². The smallest absolute Gasteiger partial charge is 0.387 e. The molecule has 0 radical (unpaired) electrons. The number of alkyl halides is 2. The second kappa shape index (κ2) is 11.7. The fourth-order valence-corrected chi connectivity index (χ4v) is 6.61. The summed E-state index contributed by atoms with van der Waals surface area (Å²) in [4.78, 5) is 13.6.